The van der Waals surface area contributed by atoms with E-state index in [-0.39, 0.29) is 11.3 Å². The smallest absolute Gasteiger partial charge is 0.276 e. The summed E-state index contributed by atoms with van der Waals surface area (Å²) in [5, 5.41) is 13.1. The first-order chi connectivity index (χ1) is 13.6. The van der Waals surface area contributed by atoms with E-state index in [9.17, 15) is 14.7 Å². The van der Waals surface area contributed by atoms with Crippen LogP contribution in [0, 0.1) is 0 Å². The van der Waals surface area contributed by atoms with Gasteiger partial charge in [-0.05, 0) is 59.7 Å². The summed E-state index contributed by atoms with van der Waals surface area (Å²) in [5.41, 5.74) is 3.54. The van der Waals surface area contributed by atoms with E-state index >= 15 is 0 Å². The number of phenolic OH excluding ortho intramolecular Hbond substituents is 1. The van der Waals surface area contributed by atoms with Crippen LogP contribution in [0.25, 0.3) is 0 Å². The fourth-order valence-corrected chi connectivity index (χ4v) is 2.55. The number of carbonyl (C=O) groups excluding carboxylic acids is 1. The molecule has 0 aliphatic carbocycles. The van der Waals surface area contributed by atoms with Crippen LogP contribution in [0.2, 0.25) is 0 Å². The molecule has 0 unspecified atom stereocenters. The average molecular weight is 377 g/mol. The van der Waals surface area contributed by atoms with Gasteiger partial charge in [-0.3, -0.25) is 9.59 Å². The van der Waals surface area contributed by atoms with Crippen molar-refractivity contribution < 1.29 is 14.6 Å². The van der Waals surface area contributed by atoms with Crippen LogP contribution in [-0.2, 0) is 6.54 Å². The lowest BCUT2D eigenvalue weighted by molar-refractivity contribution is 0.0953. The lowest BCUT2D eigenvalue weighted by atomic mass is 10.2. The summed E-state index contributed by atoms with van der Waals surface area (Å²) in [4.78, 5) is 24.9. The van der Waals surface area contributed by atoms with E-state index in [0.717, 1.165) is 11.3 Å². The molecule has 0 spiro atoms. The van der Waals surface area contributed by atoms with Crippen LogP contribution >= 0.6 is 0 Å². The molecule has 28 heavy (non-hydrogen) atoms. The molecule has 3 rings (SSSR count). The minimum atomic E-state index is -0.593. The summed E-state index contributed by atoms with van der Waals surface area (Å²) in [6.07, 6.45) is 3.05. The Labute approximate surface area is 161 Å². The Bertz CT molecular complexity index is 1040. The van der Waals surface area contributed by atoms with Crippen LogP contribution in [0.15, 0.2) is 76.8 Å². The Morgan fingerprint density at radius 1 is 1.14 bits per heavy atom. The van der Waals surface area contributed by atoms with Gasteiger partial charge in [0.05, 0.1) is 19.9 Å². The Hall–Kier alpha value is -3.87. The first kappa shape index (κ1) is 18.9. The highest BCUT2D eigenvalue weighted by atomic mass is 16.5. The minimum absolute atomic E-state index is 0.00105. The monoisotopic (exact) mass is 377 g/mol. The van der Waals surface area contributed by atoms with Crippen LogP contribution in [0.1, 0.15) is 21.5 Å². The van der Waals surface area contributed by atoms with Gasteiger partial charge in [-0.25, -0.2) is 5.43 Å². The minimum Gasteiger partial charge on any atom is -0.508 e. The molecule has 0 saturated carbocycles. The van der Waals surface area contributed by atoms with Crippen LogP contribution < -0.4 is 15.7 Å². The van der Waals surface area contributed by atoms with Crippen molar-refractivity contribution >= 4 is 12.1 Å². The number of hydrazone groups is 1. The van der Waals surface area contributed by atoms with E-state index in [4.69, 9.17) is 4.74 Å². The maximum absolute atomic E-state index is 12.6. The van der Waals surface area contributed by atoms with Gasteiger partial charge in [0.2, 0.25) is 0 Å². The Morgan fingerprint density at radius 3 is 2.54 bits per heavy atom. The second-order valence-corrected chi connectivity index (χ2v) is 5.99. The molecule has 3 aromatic rings. The quantitative estimate of drug-likeness (QED) is 0.509. The first-order valence-electron chi connectivity index (χ1n) is 8.51. The van der Waals surface area contributed by atoms with Gasteiger partial charge in [0.25, 0.3) is 11.5 Å². The average Bonchev–Trinajstić information content (AvgIpc) is 2.71. The van der Waals surface area contributed by atoms with Gasteiger partial charge in [0.1, 0.15) is 17.1 Å². The Balaban J connectivity index is 1.71. The Kier molecular flexibility index (Phi) is 5.86. The van der Waals surface area contributed by atoms with E-state index in [1.807, 2.05) is 24.3 Å². The van der Waals surface area contributed by atoms with Gasteiger partial charge in [-0.2, -0.15) is 5.10 Å². The molecule has 7 heteroatoms. The van der Waals surface area contributed by atoms with Crippen molar-refractivity contribution in [2.45, 2.75) is 6.54 Å². The van der Waals surface area contributed by atoms with Crippen molar-refractivity contribution in [2.75, 3.05) is 7.11 Å². The number of nitrogens with zero attached hydrogens (tertiary/aromatic N) is 2. The number of rotatable bonds is 6. The maximum atomic E-state index is 12.6. The van der Waals surface area contributed by atoms with Crippen LogP contribution in [-0.4, -0.2) is 28.9 Å². The topological polar surface area (TPSA) is 92.9 Å². The molecule has 1 heterocycles. The largest absolute Gasteiger partial charge is 0.508 e. The highest BCUT2D eigenvalue weighted by Gasteiger charge is 2.11. The number of hydrogen-bond donors (Lipinski definition) is 2. The SMILES string of the molecule is COc1ccc(Cn2cccc(C(=O)N/N=C\c3ccc(O)cc3)c2=O)cc1. The van der Waals surface area contributed by atoms with Gasteiger partial charge in [0, 0.05) is 6.20 Å². The molecule has 0 aliphatic heterocycles. The first-order valence-corrected chi connectivity index (χ1v) is 8.51. The predicted molar refractivity (Wildman–Crippen MR) is 106 cm³/mol. The van der Waals surface area contributed by atoms with Gasteiger partial charge < -0.3 is 14.4 Å². The second kappa shape index (κ2) is 8.68. The molecule has 0 saturated heterocycles. The lowest BCUT2D eigenvalue weighted by Gasteiger charge is -2.08. The number of benzene rings is 2. The summed E-state index contributed by atoms with van der Waals surface area (Å²) in [6.45, 7) is 0.334. The second-order valence-electron chi connectivity index (χ2n) is 5.99. The fraction of sp³-hybridized carbons (Fsp3) is 0.0952. The van der Waals surface area contributed by atoms with Crippen molar-refractivity contribution in [1.29, 1.82) is 0 Å². The van der Waals surface area contributed by atoms with Crippen LogP contribution in [0.4, 0.5) is 0 Å². The van der Waals surface area contributed by atoms with E-state index in [1.165, 1.54) is 29.0 Å². The number of carbonyl (C=O) groups is 1. The molecule has 7 nitrogen and oxygen atoms in total. The third-order valence-corrected chi connectivity index (χ3v) is 4.05. The molecule has 1 aromatic heterocycles. The molecule has 0 atom stereocenters. The molecule has 0 aliphatic rings. The molecule has 0 fully saturated rings. The summed E-state index contributed by atoms with van der Waals surface area (Å²) < 4.78 is 6.58. The Morgan fingerprint density at radius 2 is 1.86 bits per heavy atom. The van der Waals surface area contributed by atoms with Crippen molar-refractivity contribution in [1.82, 2.24) is 9.99 Å². The van der Waals surface area contributed by atoms with Crippen molar-refractivity contribution in [3.63, 3.8) is 0 Å². The molecule has 1 amide bonds. The zero-order valence-electron chi connectivity index (χ0n) is 15.2. The summed E-state index contributed by atoms with van der Waals surface area (Å²) >= 11 is 0. The molecule has 142 valence electrons. The van der Waals surface area contributed by atoms with E-state index < -0.39 is 11.5 Å². The van der Waals surface area contributed by atoms with Crippen LogP contribution in [0.3, 0.4) is 0 Å². The van der Waals surface area contributed by atoms with E-state index in [0.29, 0.717) is 12.1 Å². The number of ether oxygens (including phenoxy) is 1. The van der Waals surface area contributed by atoms with Crippen LogP contribution in [0.5, 0.6) is 11.5 Å². The number of pyridine rings is 1. The van der Waals surface area contributed by atoms with E-state index in [2.05, 4.69) is 10.5 Å². The number of amides is 1. The van der Waals surface area contributed by atoms with Gasteiger partial charge in [-0.15, -0.1) is 0 Å². The maximum Gasteiger partial charge on any atom is 0.276 e. The molecule has 0 radical (unpaired) electrons. The van der Waals surface area contributed by atoms with Gasteiger partial charge in [-0.1, -0.05) is 12.1 Å². The molecular formula is C21H19N3O4. The fourth-order valence-electron chi connectivity index (χ4n) is 2.55. The number of methoxy groups -OCH3 is 1. The third-order valence-electron chi connectivity index (χ3n) is 4.05. The van der Waals surface area contributed by atoms with Crippen molar-refractivity contribution in [3.8, 4) is 11.5 Å². The number of aromatic nitrogens is 1. The summed E-state index contributed by atoms with van der Waals surface area (Å²) in [6, 6.07) is 16.8. The predicted octanol–water partition coefficient (Wildman–Crippen LogP) is 2.37. The van der Waals surface area contributed by atoms with Gasteiger partial charge >= 0.3 is 0 Å². The lowest BCUT2D eigenvalue weighted by Crippen LogP contribution is -2.30. The van der Waals surface area contributed by atoms with Crippen molar-refractivity contribution in [2.24, 2.45) is 5.10 Å². The number of nitrogens with one attached hydrogen (secondary N) is 1. The number of phenols is 1. The zero-order chi connectivity index (χ0) is 19.9. The number of hydrogen-bond acceptors (Lipinski definition) is 5. The highest BCUT2D eigenvalue weighted by molar-refractivity contribution is 5.94. The van der Waals surface area contributed by atoms with E-state index in [1.54, 1.807) is 31.5 Å². The zero-order valence-corrected chi connectivity index (χ0v) is 15.2. The van der Waals surface area contributed by atoms with Crippen molar-refractivity contribution in [3.05, 3.63) is 93.9 Å². The third kappa shape index (κ3) is 4.64. The molecular weight excluding hydrogens is 358 g/mol. The highest BCUT2D eigenvalue weighted by Crippen LogP contribution is 2.12. The summed E-state index contributed by atoms with van der Waals surface area (Å²) in [5.74, 6) is 0.280. The molecule has 2 aromatic carbocycles. The molecule has 0 bridgehead atoms. The van der Waals surface area contributed by atoms with Gasteiger partial charge in [0.15, 0.2) is 0 Å². The normalized spacial score (nSPS) is 10.8. The summed E-state index contributed by atoms with van der Waals surface area (Å²) in [7, 11) is 1.59. The molecule has 2 N–H and O–H groups in total. The standard InChI is InChI=1S/C21H19N3O4/c1-28-18-10-6-16(7-11-18)14-24-12-2-3-19(21(24)27)20(26)23-22-13-15-4-8-17(25)9-5-15/h2-13,25H,14H2,1H3,(H,23,26)/b22-13-. The number of aromatic hydroxyl groups is 1.